The van der Waals surface area contributed by atoms with E-state index in [0.717, 1.165) is 51.7 Å². The molecular formula is C91H108F3N3O31. The summed E-state index contributed by atoms with van der Waals surface area (Å²) in [5.41, 5.74) is 4.19. The van der Waals surface area contributed by atoms with Crippen molar-refractivity contribution in [3.63, 3.8) is 0 Å². The van der Waals surface area contributed by atoms with E-state index in [1.807, 2.05) is 41.5 Å². The van der Waals surface area contributed by atoms with Gasteiger partial charge in [-0.3, -0.25) is 33.6 Å². The van der Waals surface area contributed by atoms with E-state index in [1.165, 1.54) is 67.6 Å². The predicted molar refractivity (Wildman–Crippen MR) is 438 cm³/mol. The van der Waals surface area contributed by atoms with E-state index in [4.69, 9.17) is 52.1 Å². The lowest BCUT2D eigenvalue weighted by molar-refractivity contribution is -0.282. The number of rotatable bonds is 31. The number of hydrogen-bond acceptors (Lipinski definition) is 30. The Morgan fingerprint density at radius 1 is 0.375 bits per heavy atom. The van der Waals surface area contributed by atoms with Crippen molar-refractivity contribution in [1.82, 2.24) is 14.7 Å². The van der Waals surface area contributed by atoms with E-state index in [9.17, 15) is 107 Å². The number of nitrogens with zero attached hydrogens (tertiary/aromatic N) is 3. The number of carboxylic acids is 1. The Morgan fingerprint density at radius 3 is 1.02 bits per heavy atom. The number of benzene rings is 6. The number of esters is 6. The topological polar surface area (TPSA) is 473 Å². The molecule has 6 aliphatic rings. The molecule has 6 aliphatic heterocycles. The molecular weight excluding hydrogens is 1690 g/mol. The quantitative estimate of drug-likeness (QED) is 0.0120. The minimum atomic E-state index is -1.82. The Balaban J connectivity index is 0.000000203. The van der Waals surface area contributed by atoms with Gasteiger partial charge in [0.25, 0.3) is 0 Å². The first-order chi connectivity index (χ1) is 60.6. The number of carbonyl (C=O) groups is 10. The van der Waals surface area contributed by atoms with E-state index in [-0.39, 0.29) is 88.9 Å². The van der Waals surface area contributed by atoms with Gasteiger partial charge >= 0.3 is 41.8 Å². The van der Waals surface area contributed by atoms with E-state index < -0.39 is 170 Å². The molecule has 24 atom stereocenters. The van der Waals surface area contributed by atoms with Gasteiger partial charge in [-0.2, -0.15) is 0 Å². The van der Waals surface area contributed by atoms with Crippen molar-refractivity contribution in [2.75, 3.05) is 14.2 Å². The molecule has 3 amide bonds. The Kier molecular flexibility index (Phi) is 33.8. The van der Waals surface area contributed by atoms with Gasteiger partial charge < -0.3 is 118 Å². The zero-order valence-electron chi connectivity index (χ0n) is 72.2. The highest BCUT2D eigenvalue weighted by atomic mass is 19.1. The molecule has 6 fully saturated rings. The number of amides is 3. The minimum absolute atomic E-state index is 0.0123. The maximum Gasteiger partial charge on any atom is 0.339 e. The number of likely N-dealkylation sites (tertiary alicyclic amines) is 3. The Bertz CT molecular complexity index is 4800. The number of halogens is 3. The predicted octanol–water partition coefficient (Wildman–Crippen LogP) is 7.02. The molecule has 0 saturated carbocycles. The standard InChI is InChI=1S/C36H42FNO13.C28H34FNO9.C27H32FNO9/c1-18(2)38-29(27(34(38)43)16-17-28(46-19(3)39)23-8-12-25(37)13-9-23)24-10-14-26(15-11-24)50-36-33(49-22(6)42)31(48-21(5)41)30(47-20(4)40)32(51-36)35(44)45-7;1-14(2)30-21(19(26(30)35)12-13-20(31)15-4-8-17(29)9-5-15)16-6-10-18(11-7-16)38-28-24(34)22(32)23(33)25(39-28)27(36)37-3;1-13(2)29-20(18(25(29)34)11-12-19(30)14-3-7-16(28)8-4-14)15-5-9-17(10-6-15)37-27-23(33)21(31)22(32)24(38-27)26(35)36/h8-15,18,27-33,36H,16-17H2,1-7H3;4-11,14,19-25,28,31-34H,12-13H2,1-3H3;3-10,13,18-24,27,30-33H,11-12H2,1-2H3,(H,35,36)/t27?,28-,29+,30?,31-,32-,33?,36+;19?,20-,21+,22-,23?,24?,25-,28+;18?,19-,20+,21-,22?,23?,24-,27+/m000/s1. The molecule has 0 radical (unpaired) electrons. The van der Waals surface area contributed by atoms with Crippen molar-refractivity contribution in [1.29, 1.82) is 0 Å². The van der Waals surface area contributed by atoms with Crippen molar-refractivity contribution in [3.05, 3.63) is 196 Å². The van der Waals surface area contributed by atoms with Gasteiger partial charge in [-0.05, 0) is 186 Å². The van der Waals surface area contributed by atoms with Gasteiger partial charge in [0.2, 0.25) is 42.7 Å². The maximum absolute atomic E-state index is 13.6. The summed E-state index contributed by atoms with van der Waals surface area (Å²) in [6.07, 6.45) is -24.4. The average Bonchev–Trinajstić information content (AvgIpc) is 0.765. The van der Waals surface area contributed by atoms with E-state index in [2.05, 4.69) is 4.74 Å². The smallest absolute Gasteiger partial charge is 0.339 e. The van der Waals surface area contributed by atoms with Crippen molar-refractivity contribution >= 4 is 59.5 Å². The number of aliphatic carboxylic acids is 1. The number of hydrogen-bond donors (Lipinski definition) is 9. The van der Waals surface area contributed by atoms with Crippen LogP contribution in [-0.4, -0.2) is 245 Å². The summed E-state index contributed by atoms with van der Waals surface area (Å²) in [7, 11) is 2.19. The molecule has 0 spiro atoms. The van der Waals surface area contributed by atoms with Crippen LogP contribution in [0.25, 0.3) is 0 Å². The second-order valence-electron chi connectivity index (χ2n) is 32.6. The Hall–Kier alpha value is -11.2. The van der Waals surface area contributed by atoms with Crippen molar-refractivity contribution in [3.8, 4) is 17.2 Å². The molecule has 6 aromatic carbocycles. The summed E-state index contributed by atoms with van der Waals surface area (Å²) in [5.74, 6) is -8.14. The van der Waals surface area contributed by atoms with Crippen LogP contribution in [0.3, 0.4) is 0 Å². The highest BCUT2D eigenvalue weighted by Crippen LogP contribution is 2.49. The Labute approximate surface area is 735 Å². The third-order valence-corrected chi connectivity index (χ3v) is 22.8. The maximum atomic E-state index is 13.6. The monoisotopic (exact) mass is 1800 g/mol. The number of β-lactam (4-membered cyclic amide) rings is 3. The number of aliphatic hydroxyl groups is 8. The second kappa shape index (κ2) is 43.7. The molecule has 34 nitrogen and oxygen atoms in total. The molecule has 0 aliphatic carbocycles. The van der Waals surface area contributed by atoms with Crippen LogP contribution in [-0.2, 0) is 90.6 Å². The molecule has 0 aromatic heterocycles. The van der Waals surface area contributed by atoms with Crippen LogP contribution in [0.2, 0.25) is 0 Å². The van der Waals surface area contributed by atoms with Crippen LogP contribution in [0, 0.1) is 35.2 Å². The molecule has 9 unspecified atom stereocenters. The van der Waals surface area contributed by atoms with Gasteiger partial charge in [0.15, 0.2) is 30.5 Å². The summed E-state index contributed by atoms with van der Waals surface area (Å²) in [6.45, 7) is 16.0. The first-order valence-corrected chi connectivity index (χ1v) is 41.6. The molecule has 37 heteroatoms. The SMILES string of the molecule is CC(C)N1C(=O)C(CC[C@H](O)c2ccc(F)cc2)[C@H]1c1ccc(O[C@@H]2O[C@H](C(=O)O)C(O)[C@H](O)C2O)cc1.COC(=O)[C@H]1O[C@@H](Oc2ccc([C@@H]3C(CC[C@H](O)c4ccc(F)cc4)C(=O)N3C(C)C)cc2)C(O)[C@@H](O)C1O.COC(=O)[C@H]1O[C@@H](Oc2ccc([C@@H]3C(CC[C@H](OC(C)=O)c4ccc(F)cc4)C(=O)N3C(C)C)cc2)C(OC(C)=O)[C@@H](OC(C)=O)C1OC(C)=O. The average molecular weight is 1800 g/mol. The van der Waals surface area contributed by atoms with Crippen molar-refractivity contribution in [2.45, 2.75) is 254 Å². The third-order valence-electron chi connectivity index (χ3n) is 22.8. The minimum Gasteiger partial charge on any atom is -0.479 e. The largest absolute Gasteiger partial charge is 0.479 e. The molecule has 6 aromatic rings. The van der Waals surface area contributed by atoms with Crippen molar-refractivity contribution in [2.24, 2.45) is 17.8 Å². The Morgan fingerprint density at radius 2 is 0.680 bits per heavy atom. The molecule has 128 heavy (non-hydrogen) atoms. The summed E-state index contributed by atoms with van der Waals surface area (Å²) in [5, 5.41) is 90.8. The fraction of sp³-hybridized carbons (Fsp3) is 0.495. The summed E-state index contributed by atoms with van der Waals surface area (Å²) >= 11 is 0. The zero-order valence-corrected chi connectivity index (χ0v) is 72.2. The molecule has 6 saturated heterocycles. The van der Waals surface area contributed by atoms with E-state index in [1.54, 1.807) is 99.6 Å². The van der Waals surface area contributed by atoms with Gasteiger partial charge in [0, 0.05) is 45.8 Å². The molecule has 6 heterocycles. The van der Waals surface area contributed by atoms with Crippen LogP contribution >= 0.6 is 0 Å². The normalized spacial score (nSPS) is 27.9. The van der Waals surface area contributed by atoms with Gasteiger partial charge in [-0.1, -0.05) is 72.8 Å². The van der Waals surface area contributed by atoms with Crippen LogP contribution in [0.1, 0.15) is 178 Å². The summed E-state index contributed by atoms with van der Waals surface area (Å²) in [4.78, 5) is 129. The third kappa shape index (κ3) is 23.4. The van der Waals surface area contributed by atoms with Crippen LogP contribution in [0.15, 0.2) is 146 Å². The number of carboxylic acid groups (broad SMARTS) is 1. The van der Waals surface area contributed by atoms with Gasteiger partial charge in [-0.25, -0.2) is 27.6 Å². The van der Waals surface area contributed by atoms with E-state index >= 15 is 0 Å². The van der Waals surface area contributed by atoms with E-state index in [0.29, 0.717) is 55.2 Å². The molecule has 0 bridgehead atoms. The first kappa shape index (κ1) is 98.9. The van der Waals surface area contributed by atoms with Crippen molar-refractivity contribution < 1.29 is 164 Å². The molecule has 9 N–H and O–H groups in total. The molecule has 694 valence electrons. The van der Waals surface area contributed by atoms with Crippen LogP contribution < -0.4 is 14.2 Å². The fourth-order valence-corrected chi connectivity index (χ4v) is 16.6. The zero-order chi connectivity index (χ0) is 93.7. The van der Waals surface area contributed by atoms with Gasteiger partial charge in [0.1, 0.15) is 77.4 Å². The lowest BCUT2D eigenvalue weighted by Gasteiger charge is -2.50. The second-order valence-corrected chi connectivity index (χ2v) is 32.6. The fourth-order valence-electron chi connectivity index (χ4n) is 16.6. The summed E-state index contributed by atoms with van der Waals surface area (Å²) < 4.78 is 105. The van der Waals surface area contributed by atoms with Crippen LogP contribution in [0.5, 0.6) is 17.2 Å². The number of ether oxygens (including phenoxy) is 12. The summed E-state index contributed by atoms with van der Waals surface area (Å²) in [6, 6.07) is 35.9. The lowest BCUT2D eigenvalue weighted by atomic mass is 9.77. The van der Waals surface area contributed by atoms with Gasteiger partial charge in [0.05, 0.1) is 62.3 Å². The first-order valence-electron chi connectivity index (χ1n) is 41.6. The lowest BCUT2D eigenvalue weighted by Crippen LogP contribution is -2.64. The number of methoxy groups -OCH3 is 2. The molecule has 12 rings (SSSR count). The van der Waals surface area contributed by atoms with Gasteiger partial charge in [-0.15, -0.1) is 0 Å². The number of carbonyl (C=O) groups excluding carboxylic acids is 9. The highest BCUT2D eigenvalue weighted by Gasteiger charge is 2.58. The number of aliphatic hydroxyl groups excluding tert-OH is 8. The van der Waals surface area contributed by atoms with Crippen LogP contribution in [0.4, 0.5) is 13.2 Å². The highest BCUT2D eigenvalue weighted by molar-refractivity contribution is 5.88.